The molecule has 0 unspecified atom stereocenters. The molecule has 1 N–H and O–H groups in total. The van der Waals surface area contributed by atoms with Crippen LogP contribution in [0.25, 0.3) is 5.69 Å². The molecule has 3 heterocycles. The van der Waals surface area contributed by atoms with E-state index in [1.807, 2.05) is 34.6 Å². The summed E-state index contributed by atoms with van der Waals surface area (Å²) in [6.07, 6.45) is 1.36. The fraction of sp³-hybridized carbons (Fsp3) is 0.333. The molecule has 2 aromatic carbocycles. The first-order valence-electron chi connectivity index (χ1n) is 10.4. The van der Waals surface area contributed by atoms with Crippen molar-refractivity contribution in [1.82, 2.24) is 9.78 Å². The topological polar surface area (TPSA) is 56.2 Å². The van der Waals surface area contributed by atoms with Crippen LogP contribution in [0, 0.1) is 6.92 Å². The summed E-state index contributed by atoms with van der Waals surface area (Å²) in [7, 11) is 0. The lowest BCUT2D eigenvalue weighted by atomic mass is 9.73. The second kappa shape index (κ2) is 7.93. The molecule has 5 rings (SSSR count). The average Bonchev–Trinajstić information content (AvgIpc) is 3.38. The number of amides is 1. The second-order valence-electron chi connectivity index (χ2n) is 8.03. The maximum absolute atomic E-state index is 13.8. The normalized spacial score (nSPS) is 17.5. The van der Waals surface area contributed by atoms with Crippen molar-refractivity contribution < 1.29 is 9.53 Å². The van der Waals surface area contributed by atoms with Gasteiger partial charge in [-0.3, -0.25) is 4.79 Å². The highest BCUT2D eigenvalue weighted by molar-refractivity contribution is 7.98. The van der Waals surface area contributed by atoms with Gasteiger partial charge in [0.1, 0.15) is 5.82 Å². The Hall–Kier alpha value is -2.57. The molecule has 0 radical (unpaired) electrons. The van der Waals surface area contributed by atoms with Crippen molar-refractivity contribution in [1.29, 1.82) is 0 Å². The Kier molecular flexibility index (Phi) is 5.13. The Morgan fingerprint density at radius 2 is 1.80 bits per heavy atom. The van der Waals surface area contributed by atoms with Crippen LogP contribution in [0.5, 0.6) is 0 Å². The number of rotatable bonds is 4. The molecule has 1 fully saturated rings. The van der Waals surface area contributed by atoms with E-state index in [1.165, 1.54) is 5.56 Å². The summed E-state index contributed by atoms with van der Waals surface area (Å²) in [5.74, 6) is 2.60. The SMILES string of the molecule is Cc1ccc(-n2nc3c(c2NC(=O)C2(c4ccccc4)CCOCC2)CSC3)cc1. The minimum atomic E-state index is -0.583. The number of anilines is 1. The van der Waals surface area contributed by atoms with Gasteiger partial charge in [0, 0.05) is 30.3 Å². The van der Waals surface area contributed by atoms with Crippen molar-refractivity contribution in [3.8, 4) is 5.69 Å². The summed E-state index contributed by atoms with van der Waals surface area (Å²) in [4.78, 5) is 13.8. The Morgan fingerprint density at radius 3 is 2.53 bits per heavy atom. The highest BCUT2D eigenvalue weighted by atomic mass is 32.2. The molecule has 154 valence electrons. The molecule has 2 aliphatic rings. The van der Waals surface area contributed by atoms with E-state index in [0.717, 1.165) is 39.8 Å². The van der Waals surface area contributed by atoms with Crippen LogP contribution >= 0.6 is 11.8 Å². The first-order valence-corrected chi connectivity index (χ1v) is 11.5. The van der Waals surface area contributed by atoms with E-state index in [2.05, 4.69) is 48.6 Å². The number of ether oxygens (including phenoxy) is 1. The summed E-state index contributed by atoms with van der Waals surface area (Å²) < 4.78 is 7.51. The number of nitrogens with zero attached hydrogens (tertiary/aromatic N) is 2. The van der Waals surface area contributed by atoms with Crippen LogP contribution < -0.4 is 5.32 Å². The van der Waals surface area contributed by atoms with Crippen molar-refractivity contribution in [2.24, 2.45) is 0 Å². The number of carbonyl (C=O) groups excluding carboxylic acids is 1. The van der Waals surface area contributed by atoms with E-state index >= 15 is 0 Å². The van der Waals surface area contributed by atoms with Crippen molar-refractivity contribution >= 4 is 23.5 Å². The molecule has 0 saturated carbocycles. The van der Waals surface area contributed by atoms with Crippen LogP contribution in [0.2, 0.25) is 0 Å². The van der Waals surface area contributed by atoms with Gasteiger partial charge in [0.05, 0.1) is 16.8 Å². The molecule has 0 atom stereocenters. The van der Waals surface area contributed by atoms with Crippen molar-refractivity contribution in [3.63, 3.8) is 0 Å². The smallest absolute Gasteiger partial charge is 0.236 e. The predicted molar refractivity (Wildman–Crippen MR) is 120 cm³/mol. The molecule has 1 saturated heterocycles. The van der Waals surface area contributed by atoms with E-state index in [4.69, 9.17) is 9.84 Å². The largest absolute Gasteiger partial charge is 0.381 e. The van der Waals surface area contributed by atoms with E-state index in [1.54, 1.807) is 0 Å². The quantitative estimate of drug-likeness (QED) is 0.671. The van der Waals surface area contributed by atoms with Gasteiger partial charge in [-0.25, -0.2) is 4.68 Å². The first-order chi connectivity index (χ1) is 14.7. The molecule has 5 nitrogen and oxygen atoms in total. The summed E-state index contributed by atoms with van der Waals surface area (Å²) in [5.41, 5.74) is 4.85. The van der Waals surface area contributed by atoms with Crippen molar-refractivity contribution in [2.45, 2.75) is 36.7 Å². The number of hydrogen-bond donors (Lipinski definition) is 1. The predicted octanol–water partition coefficient (Wildman–Crippen LogP) is 4.61. The van der Waals surface area contributed by atoms with Gasteiger partial charge >= 0.3 is 0 Å². The summed E-state index contributed by atoms with van der Waals surface area (Å²) >= 11 is 1.84. The Balaban J connectivity index is 1.55. The third-order valence-electron chi connectivity index (χ3n) is 6.17. The maximum Gasteiger partial charge on any atom is 0.236 e. The van der Waals surface area contributed by atoms with Crippen LogP contribution in [-0.4, -0.2) is 28.9 Å². The van der Waals surface area contributed by atoms with Gasteiger partial charge in [-0.05, 0) is 37.5 Å². The average molecular weight is 420 g/mol. The van der Waals surface area contributed by atoms with E-state index in [0.29, 0.717) is 26.1 Å². The number of aromatic nitrogens is 2. The molecule has 30 heavy (non-hydrogen) atoms. The third-order valence-corrected chi connectivity index (χ3v) is 7.14. The molecular weight excluding hydrogens is 394 g/mol. The molecule has 6 heteroatoms. The van der Waals surface area contributed by atoms with Gasteiger partial charge in [-0.1, -0.05) is 48.0 Å². The summed E-state index contributed by atoms with van der Waals surface area (Å²) in [6.45, 7) is 3.25. The number of nitrogens with one attached hydrogen (secondary N) is 1. The molecule has 2 aliphatic heterocycles. The highest BCUT2D eigenvalue weighted by Gasteiger charge is 2.42. The standard InChI is InChI=1S/C24H25N3O2S/c1-17-7-9-19(10-8-17)27-22(20-15-30-16-21(20)26-27)25-23(28)24(11-13-29-14-12-24)18-5-3-2-4-6-18/h2-10H,11-16H2,1H3,(H,25,28). The monoisotopic (exact) mass is 419 g/mol. The minimum absolute atomic E-state index is 0.0324. The molecule has 0 spiro atoms. The van der Waals surface area contributed by atoms with E-state index in [9.17, 15) is 4.79 Å². The zero-order valence-corrected chi connectivity index (χ0v) is 17.9. The lowest BCUT2D eigenvalue weighted by Gasteiger charge is -2.36. The minimum Gasteiger partial charge on any atom is -0.381 e. The number of benzene rings is 2. The molecule has 1 aromatic heterocycles. The van der Waals surface area contributed by atoms with Gasteiger partial charge < -0.3 is 10.1 Å². The number of fused-ring (bicyclic) bond motifs is 1. The van der Waals surface area contributed by atoms with Gasteiger partial charge in [-0.15, -0.1) is 0 Å². The van der Waals surface area contributed by atoms with Crippen LogP contribution in [0.3, 0.4) is 0 Å². The summed E-state index contributed by atoms with van der Waals surface area (Å²) in [6, 6.07) is 18.4. The van der Waals surface area contributed by atoms with Crippen molar-refractivity contribution in [3.05, 3.63) is 77.0 Å². The Morgan fingerprint density at radius 1 is 1.07 bits per heavy atom. The zero-order chi connectivity index (χ0) is 20.6. The van der Waals surface area contributed by atoms with Gasteiger partial charge in [0.25, 0.3) is 0 Å². The number of thioether (sulfide) groups is 1. The third kappa shape index (κ3) is 3.34. The fourth-order valence-electron chi connectivity index (χ4n) is 4.37. The van der Waals surface area contributed by atoms with Crippen molar-refractivity contribution in [2.75, 3.05) is 18.5 Å². The van der Waals surface area contributed by atoms with Crippen LogP contribution in [0.4, 0.5) is 5.82 Å². The highest BCUT2D eigenvalue weighted by Crippen LogP contribution is 2.39. The number of carbonyl (C=O) groups is 1. The lowest BCUT2D eigenvalue weighted by Crippen LogP contribution is -2.45. The van der Waals surface area contributed by atoms with E-state index in [-0.39, 0.29) is 5.91 Å². The molecule has 0 bridgehead atoms. The number of aryl methyl sites for hydroxylation is 1. The molecular formula is C24H25N3O2S. The van der Waals surface area contributed by atoms with E-state index < -0.39 is 5.41 Å². The van der Waals surface area contributed by atoms with Crippen LogP contribution in [-0.2, 0) is 26.5 Å². The van der Waals surface area contributed by atoms with Gasteiger partial charge in [-0.2, -0.15) is 16.9 Å². The zero-order valence-electron chi connectivity index (χ0n) is 17.1. The maximum atomic E-state index is 13.8. The second-order valence-corrected chi connectivity index (χ2v) is 9.01. The lowest BCUT2D eigenvalue weighted by molar-refractivity contribution is -0.125. The molecule has 1 amide bonds. The Bertz CT molecular complexity index is 1050. The van der Waals surface area contributed by atoms with Gasteiger partial charge in [0.2, 0.25) is 5.91 Å². The number of hydrogen-bond acceptors (Lipinski definition) is 4. The Labute approximate surface area is 180 Å². The molecule has 3 aromatic rings. The first kappa shape index (κ1) is 19.4. The van der Waals surface area contributed by atoms with Gasteiger partial charge in [0.15, 0.2) is 0 Å². The summed E-state index contributed by atoms with van der Waals surface area (Å²) in [5, 5.41) is 8.15. The van der Waals surface area contributed by atoms with Crippen LogP contribution in [0.1, 0.15) is 35.2 Å². The fourth-order valence-corrected chi connectivity index (χ4v) is 5.40. The van der Waals surface area contributed by atoms with Crippen LogP contribution in [0.15, 0.2) is 54.6 Å². The molecule has 0 aliphatic carbocycles.